The Kier molecular flexibility index (Phi) is 5.00. The quantitative estimate of drug-likeness (QED) is 0.768. The molecule has 116 valence electrons. The number of aromatic nitrogens is 2. The topological polar surface area (TPSA) is 54.9 Å². The van der Waals surface area contributed by atoms with E-state index >= 15 is 0 Å². The van der Waals surface area contributed by atoms with Gasteiger partial charge in [-0.05, 0) is 29.8 Å². The molecule has 23 heavy (non-hydrogen) atoms. The van der Waals surface area contributed by atoms with Gasteiger partial charge in [-0.25, -0.2) is 4.98 Å². The summed E-state index contributed by atoms with van der Waals surface area (Å²) in [7, 11) is 0. The van der Waals surface area contributed by atoms with Crippen LogP contribution in [0.25, 0.3) is 10.6 Å². The van der Waals surface area contributed by atoms with Crippen LogP contribution >= 0.6 is 22.9 Å². The Morgan fingerprint density at radius 2 is 2.04 bits per heavy atom. The van der Waals surface area contributed by atoms with Gasteiger partial charge in [-0.3, -0.25) is 9.78 Å². The number of carbonyl (C=O) groups excluding carboxylic acids is 1. The van der Waals surface area contributed by atoms with E-state index in [2.05, 4.69) is 15.3 Å². The van der Waals surface area contributed by atoms with Crippen LogP contribution in [0, 0.1) is 0 Å². The van der Waals surface area contributed by atoms with Gasteiger partial charge in [0.2, 0.25) is 5.91 Å². The number of carbonyl (C=O) groups is 1. The van der Waals surface area contributed by atoms with Crippen LogP contribution in [0.2, 0.25) is 5.02 Å². The number of nitrogens with one attached hydrogen (secondary N) is 1. The smallest absolute Gasteiger partial charge is 0.226 e. The fraction of sp³-hybridized carbons (Fsp3) is 0.118. The molecule has 0 spiro atoms. The highest BCUT2D eigenvalue weighted by atomic mass is 35.5. The maximum atomic E-state index is 12.0. The van der Waals surface area contributed by atoms with E-state index in [1.165, 1.54) is 11.3 Å². The summed E-state index contributed by atoms with van der Waals surface area (Å²) >= 11 is 7.35. The minimum absolute atomic E-state index is 0.0528. The van der Waals surface area contributed by atoms with E-state index in [1.54, 1.807) is 12.4 Å². The van der Waals surface area contributed by atoms with Crippen LogP contribution in [-0.4, -0.2) is 15.9 Å². The average molecular weight is 344 g/mol. The molecular weight excluding hydrogens is 330 g/mol. The van der Waals surface area contributed by atoms with Crippen molar-refractivity contribution in [1.82, 2.24) is 15.3 Å². The molecule has 1 amide bonds. The number of hydrogen-bond acceptors (Lipinski definition) is 4. The number of halogens is 1. The Labute approximate surface area is 143 Å². The maximum Gasteiger partial charge on any atom is 0.226 e. The SMILES string of the molecule is O=C(Cc1csc(-c2cccnc2)n1)NCc1ccc(Cl)cc1. The highest BCUT2D eigenvalue weighted by molar-refractivity contribution is 7.13. The summed E-state index contributed by atoms with van der Waals surface area (Å²) in [6.45, 7) is 0.482. The molecule has 2 heterocycles. The normalized spacial score (nSPS) is 10.5. The molecule has 0 bridgehead atoms. The van der Waals surface area contributed by atoms with Crippen LogP contribution in [-0.2, 0) is 17.8 Å². The first-order valence-electron chi connectivity index (χ1n) is 7.06. The van der Waals surface area contributed by atoms with Crippen LogP contribution in [0.3, 0.4) is 0 Å². The molecule has 0 aliphatic rings. The zero-order valence-electron chi connectivity index (χ0n) is 12.2. The van der Waals surface area contributed by atoms with Crippen molar-refractivity contribution in [2.24, 2.45) is 0 Å². The average Bonchev–Trinajstić information content (AvgIpc) is 3.04. The molecule has 0 saturated heterocycles. The molecule has 0 radical (unpaired) electrons. The lowest BCUT2D eigenvalue weighted by atomic mass is 10.2. The van der Waals surface area contributed by atoms with Crippen molar-refractivity contribution in [1.29, 1.82) is 0 Å². The molecule has 3 aromatic rings. The largest absolute Gasteiger partial charge is 0.352 e. The molecule has 6 heteroatoms. The van der Waals surface area contributed by atoms with Crippen LogP contribution in [0.1, 0.15) is 11.3 Å². The Bertz CT molecular complexity index is 787. The lowest BCUT2D eigenvalue weighted by Gasteiger charge is -2.04. The van der Waals surface area contributed by atoms with Gasteiger partial charge < -0.3 is 5.32 Å². The van der Waals surface area contributed by atoms with Crippen LogP contribution in [0.4, 0.5) is 0 Å². The number of pyridine rings is 1. The monoisotopic (exact) mass is 343 g/mol. The number of rotatable bonds is 5. The number of thiazole rings is 1. The van der Waals surface area contributed by atoms with Crippen molar-refractivity contribution in [3.8, 4) is 10.6 Å². The molecular formula is C17H14ClN3OS. The molecule has 0 aliphatic carbocycles. The second-order valence-corrected chi connectivity index (χ2v) is 6.26. The Morgan fingerprint density at radius 1 is 1.22 bits per heavy atom. The van der Waals surface area contributed by atoms with Crippen molar-refractivity contribution in [3.05, 3.63) is 70.5 Å². The molecule has 4 nitrogen and oxygen atoms in total. The second kappa shape index (κ2) is 7.35. The predicted molar refractivity (Wildman–Crippen MR) is 92.3 cm³/mol. The summed E-state index contributed by atoms with van der Waals surface area (Å²) in [5.41, 5.74) is 2.74. The standard InChI is InChI=1S/C17H14ClN3OS/c18-14-5-3-12(4-6-14)9-20-16(22)8-15-11-23-17(21-15)13-2-1-7-19-10-13/h1-7,10-11H,8-9H2,(H,20,22). The Hall–Kier alpha value is -2.24. The van der Waals surface area contributed by atoms with Gasteiger partial charge in [0.05, 0.1) is 12.1 Å². The molecule has 3 rings (SSSR count). The van der Waals surface area contributed by atoms with Gasteiger partial charge in [0.25, 0.3) is 0 Å². The summed E-state index contributed by atoms with van der Waals surface area (Å²) in [5.74, 6) is -0.0528. The van der Waals surface area contributed by atoms with E-state index in [0.29, 0.717) is 11.6 Å². The fourth-order valence-electron chi connectivity index (χ4n) is 2.04. The highest BCUT2D eigenvalue weighted by Gasteiger charge is 2.09. The van der Waals surface area contributed by atoms with Crippen molar-refractivity contribution in [2.75, 3.05) is 0 Å². The number of amides is 1. The number of nitrogens with zero attached hydrogens (tertiary/aromatic N) is 2. The second-order valence-electron chi connectivity index (χ2n) is 4.97. The molecule has 0 unspecified atom stereocenters. The van der Waals surface area contributed by atoms with Gasteiger partial charge in [-0.15, -0.1) is 11.3 Å². The highest BCUT2D eigenvalue weighted by Crippen LogP contribution is 2.22. The van der Waals surface area contributed by atoms with Crippen molar-refractivity contribution >= 4 is 28.8 Å². The summed E-state index contributed by atoms with van der Waals surface area (Å²) in [6, 6.07) is 11.2. The lowest BCUT2D eigenvalue weighted by molar-refractivity contribution is -0.120. The molecule has 0 atom stereocenters. The number of benzene rings is 1. The molecule has 0 aliphatic heterocycles. The fourth-order valence-corrected chi connectivity index (χ4v) is 2.98. The van der Waals surface area contributed by atoms with Gasteiger partial charge in [-0.2, -0.15) is 0 Å². The minimum atomic E-state index is -0.0528. The van der Waals surface area contributed by atoms with E-state index < -0.39 is 0 Å². The maximum absolute atomic E-state index is 12.0. The predicted octanol–water partition coefficient (Wildman–Crippen LogP) is 3.72. The van der Waals surface area contributed by atoms with E-state index in [4.69, 9.17) is 11.6 Å². The molecule has 0 fully saturated rings. The first-order chi connectivity index (χ1) is 11.2. The first-order valence-corrected chi connectivity index (χ1v) is 8.32. The third-order valence-electron chi connectivity index (χ3n) is 3.20. The van der Waals surface area contributed by atoms with Gasteiger partial charge in [0.15, 0.2) is 0 Å². The molecule has 0 saturated carbocycles. The van der Waals surface area contributed by atoms with Crippen LogP contribution in [0.5, 0.6) is 0 Å². The van der Waals surface area contributed by atoms with Crippen molar-refractivity contribution in [2.45, 2.75) is 13.0 Å². The summed E-state index contributed by atoms with van der Waals surface area (Å²) in [5, 5.41) is 6.35. The van der Waals surface area contributed by atoms with E-state index in [-0.39, 0.29) is 12.3 Å². The third-order valence-corrected chi connectivity index (χ3v) is 4.40. The zero-order chi connectivity index (χ0) is 16.1. The molecule has 1 aromatic carbocycles. The first kappa shape index (κ1) is 15.6. The summed E-state index contributed by atoms with van der Waals surface area (Å²) < 4.78 is 0. The van der Waals surface area contributed by atoms with Crippen molar-refractivity contribution in [3.63, 3.8) is 0 Å². The molecule has 1 N–H and O–H groups in total. The van der Waals surface area contributed by atoms with Crippen LogP contribution < -0.4 is 5.32 Å². The molecule has 2 aromatic heterocycles. The van der Waals surface area contributed by atoms with Crippen molar-refractivity contribution < 1.29 is 4.79 Å². The van der Waals surface area contributed by atoms with Gasteiger partial charge >= 0.3 is 0 Å². The van der Waals surface area contributed by atoms with Gasteiger partial charge in [0, 0.05) is 34.9 Å². The minimum Gasteiger partial charge on any atom is -0.352 e. The van der Waals surface area contributed by atoms with Gasteiger partial charge in [-0.1, -0.05) is 23.7 Å². The summed E-state index contributed by atoms with van der Waals surface area (Å²) in [4.78, 5) is 20.6. The third kappa shape index (κ3) is 4.37. The van der Waals surface area contributed by atoms with E-state index in [0.717, 1.165) is 21.8 Å². The van der Waals surface area contributed by atoms with Gasteiger partial charge in [0.1, 0.15) is 5.01 Å². The van der Waals surface area contributed by atoms with E-state index in [9.17, 15) is 4.79 Å². The Morgan fingerprint density at radius 3 is 2.78 bits per heavy atom. The number of hydrogen-bond donors (Lipinski definition) is 1. The lowest BCUT2D eigenvalue weighted by Crippen LogP contribution is -2.24. The van der Waals surface area contributed by atoms with Crippen LogP contribution in [0.15, 0.2) is 54.2 Å². The zero-order valence-corrected chi connectivity index (χ0v) is 13.8. The summed E-state index contributed by atoms with van der Waals surface area (Å²) in [6.07, 6.45) is 3.76. The Balaban J connectivity index is 1.56. The van der Waals surface area contributed by atoms with E-state index in [1.807, 2.05) is 41.8 Å².